The lowest BCUT2D eigenvalue weighted by atomic mass is 9.94. The van der Waals surface area contributed by atoms with Gasteiger partial charge in [0.05, 0.1) is 145 Å². The van der Waals surface area contributed by atoms with Crippen molar-refractivity contribution < 1.29 is 122 Å². The minimum atomic E-state index is -2.00. The summed E-state index contributed by atoms with van der Waals surface area (Å²) in [5.41, 5.74) is -0.716. The van der Waals surface area contributed by atoms with E-state index in [2.05, 4.69) is 16.0 Å². The molecule has 0 bridgehead atoms. The van der Waals surface area contributed by atoms with Crippen molar-refractivity contribution in [3.05, 3.63) is 11.5 Å². The van der Waals surface area contributed by atoms with Gasteiger partial charge in [-0.05, 0) is 6.92 Å². The zero-order valence-electron chi connectivity index (χ0n) is 40.9. The normalized spacial score (nSPS) is 17.5. The van der Waals surface area contributed by atoms with Crippen molar-refractivity contribution in [2.24, 2.45) is 5.41 Å². The third kappa shape index (κ3) is 36.5. The maximum Gasteiger partial charge on any atom is 0.222 e. The number of aliphatic hydroxyl groups excluding tert-OH is 8. The molecular formula is C43H81N3O25. The predicted octanol–water partition coefficient (Wildman–Crippen LogP) is -4.56. The third-order valence-electron chi connectivity index (χ3n) is 9.37. The fourth-order valence-electron chi connectivity index (χ4n) is 5.41. The highest BCUT2D eigenvalue weighted by Gasteiger charge is 2.47. The van der Waals surface area contributed by atoms with Crippen LogP contribution in [-0.2, 0) is 76.0 Å². The standard InChI is InChI=1S/C43H81N3O25/c1-31(48)36(53)38-42(71-38)70-26-23-64-20-17-61-14-8-46-35(52)5-11-67-30-43(2,29-66-10-4-34(51)45-7-13-60-16-19-63-22-25-69-41(58)39(55)56)28-65-9-3-33(50)44-6-12-59-15-18-62-21-24-68-40(57)37(54)32(49)27-47/h31,36,38-42,47-49,53-58H,3-30H2,1-2H3,(H,44,50)(H,45,51)(H,46,52)/b37-32+/t31?,36?,38?,40-,41?,42?,43?/m1/s1. The average molecular weight is 1040 g/mol. The number of nitrogens with one attached hydrogen (secondary N) is 3. The zero-order chi connectivity index (χ0) is 52.5. The molecule has 28 heteroatoms. The molecule has 3 amide bonds. The van der Waals surface area contributed by atoms with Crippen molar-refractivity contribution in [1.82, 2.24) is 16.0 Å². The van der Waals surface area contributed by atoms with Gasteiger partial charge in [-0.25, -0.2) is 0 Å². The number of amides is 3. The summed E-state index contributed by atoms with van der Waals surface area (Å²) in [6.07, 6.45) is -8.35. The number of hydrogen-bond acceptors (Lipinski definition) is 25. The van der Waals surface area contributed by atoms with Crippen LogP contribution in [0.3, 0.4) is 0 Å². The van der Waals surface area contributed by atoms with Crippen molar-refractivity contribution in [1.29, 1.82) is 0 Å². The number of rotatable bonds is 50. The van der Waals surface area contributed by atoms with Gasteiger partial charge in [0.2, 0.25) is 36.6 Å². The summed E-state index contributed by atoms with van der Waals surface area (Å²) in [6, 6.07) is 0. The Kier molecular flexibility index (Phi) is 39.3. The first-order chi connectivity index (χ1) is 34.1. The molecule has 71 heavy (non-hydrogen) atoms. The zero-order valence-corrected chi connectivity index (χ0v) is 40.9. The lowest BCUT2D eigenvalue weighted by molar-refractivity contribution is -0.234. The molecule has 28 nitrogen and oxygen atoms in total. The summed E-state index contributed by atoms with van der Waals surface area (Å²) in [7, 11) is 0. The molecule has 7 atom stereocenters. The van der Waals surface area contributed by atoms with Crippen LogP contribution in [0.2, 0.25) is 0 Å². The van der Waals surface area contributed by atoms with E-state index in [0.29, 0.717) is 13.2 Å². The van der Waals surface area contributed by atoms with Gasteiger partial charge in [-0.1, -0.05) is 6.92 Å². The van der Waals surface area contributed by atoms with E-state index in [0.717, 1.165) is 0 Å². The maximum atomic E-state index is 12.4. The quantitative estimate of drug-likeness (QED) is 0.0118. The molecule has 1 rings (SSSR count). The van der Waals surface area contributed by atoms with Crippen LogP contribution in [0.1, 0.15) is 33.1 Å². The van der Waals surface area contributed by atoms with Crippen LogP contribution >= 0.6 is 0 Å². The molecule has 1 aliphatic rings. The first kappa shape index (κ1) is 66.0. The molecule has 0 saturated carbocycles. The Labute approximate surface area is 413 Å². The van der Waals surface area contributed by atoms with Gasteiger partial charge in [0.25, 0.3) is 0 Å². The van der Waals surface area contributed by atoms with Crippen LogP contribution in [0.15, 0.2) is 11.5 Å². The van der Waals surface area contributed by atoms with Gasteiger partial charge in [-0.3, -0.25) is 14.4 Å². The van der Waals surface area contributed by atoms with Crippen LogP contribution in [0.5, 0.6) is 0 Å². The summed E-state index contributed by atoms with van der Waals surface area (Å²) in [5, 5.41) is 90.8. The second-order valence-corrected chi connectivity index (χ2v) is 15.9. The molecule has 0 aromatic heterocycles. The Morgan fingerprint density at radius 1 is 0.535 bits per heavy atom. The number of epoxide rings is 1. The Balaban J connectivity index is 2.31. The third-order valence-corrected chi connectivity index (χ3v) is 9.37. The highest BCUT2D eigenvalue weighted by Crippen LogP contribution is 2.28. The van der Waals surface area contributed by atoms with Crippen LogP contribution in [0, 0.1) is 5.41 Å². The van der Waals surface area contributed by atoms with E-state index in [1.54, 1.807) is 0 Å². The molecule has 418 valence electrons. The fraction of sp³-hybridized carbons (Fsp3) is 0.884. The van der Waals surface area contributed by atoms with E-state index >= 15 is 0 Å². The lowest BCUT2D eigenvalue weighted by Crippen LogP contribution is -2.36. The van der Waals surface area contributed by atoms with Crippen molar-refractivity contribution in [2.45, 2.75) is 76.6 Å². The topological polar surface area (TPSA) is 393 Å². The minimum Gasteiger partial charge on any atom is -0.506 e. The largest absolute Gasteiger partial charge is 0.506 e. The Morgan fingerprint density at radius 2 is 0.915 bits per heavy atom. The van der Waals surface area contributed by atoms with Crippen molar-refractivity contribution >= 4 is 17.7 Å². The molecule has 1 aliphatic heterocycles. The number of hydrogen-bond donors (Lipinski definition) is 12. The van der Waals surface area contributed by atoms with Crippen molar-refractivity contribution in [3.8, 4) is 0 Å². The van der Waals surface area contributed by atoms with Gasteiger partial charge >= 0.3 is 0 Å². The van der Waals surface area contributed by atoms with Gasteiger partial charge in [-0.15, -0.1) is 0 Å². The maximum absolute atomic E-state index is 12.4. The van der Waals surface area contributed by atoms with Crippen LogP contribution in [-0.4, -0.2) is 272 Å². The minimum absolute atomic E-state index is 0.0488. The predicted molar refractivity (Wildman–Crippen MR) is 242 cm³/mol. The van der Waals surface area contributed by atoms with Gasteiger partial charge in [-0.2, -0.15) is 0 Å². The Morgan fingerprint density at radius 3 is 1.31 bits per heavy atom. The van der Waals surface area contributed by atoms with Crippen LogP contribution < -0.4 is 16.0 Å². The summed E-state index contributed by atoms with van der Waals surface area (Å²) in [4.78, 5) is 37.1. The van der Waals surface area contributed by atoms with E-state index < -0.39 is 67.0 Å². The molecule has 12 N–H and O–H groups in total. The summed E-state index contributed by atoms with van der Waals surface area (Å²) < 4.78 is 69.9. The molecule has 0 spiro atoms. The summed E-state index contributed by atoms with van der Waals surface area (Å²) in [6.45, 7) is 6.62. The number of aliphatic hydroxyl groups is 9. The molecule has 1 saturated heterocycles. The molecule has 6 unspecified atom stereocenters. The van der Waals surface area contributed by atoms with E-state index in [1.165, 1.54) is 6.92 Å². The molecule has 0 aromatic carbocycles. The first-order valence-electron chi connectivity index (χ1n) is 23.4. The molecule has 1 fully saturated rings. The van der Waals surface area contributed by atoms with Gasteiger partial charge in [0, 0.05) is 44.3 Å². The Bertz CT molecular complexity index is 1390. The van der Waals surface area contributed by atoms with E-state index in [1.807, 2.05) is 6.92 Å². The summed E-state index contributed by atoms with van der Waals surface area (Å²) in [5.74, 6) is -2.47. The van der Waals surface area contributed by atoms with E-state index in [-0.39, 0.29) is 182 Å². The number of carbonyl (C=O) groups is 3. The second kappa shape index (κ2) is 42.3. The van der Waals surface area contributed by atoms with E-state index in [4.69, 9.17) is 82.0 Å². The highest BCUT2D eigenvalue weighted by molar-refractivity contribution is 5.76. The highest BCUT2D eigenvalue weighted by atomic mass is 16.8. The monoisotopic (exact) mass is 1040 g/mol. The molecule has 0 aromatic rings. The van der Waals surface area contributed by atoms with Crippen molar-refractivity contribution in [2.75, 3.05) is 165 Å². The average Bonchev–Trinajstić information content (AvgIpc) is 4.13. The van der Waals surface area contributed by atoms with Crippen LogP contribution in [0.4, 0.5) is 0 Å². The smallest absolute Gasteiger partial charge is 0.222 e. The lowest BCUT2D eigenvalue weighted by Gasteiger charge is -2.29. The Hall–Kier alpha value is -3.05. The molecule has 0 aliphatic carbocycles. The SMILES string of the molecule is CC(O)C(O)C1OC1OCCOCCOCCNC(=O)CCOCC(C)(COCCC(=O)NCCOCCOCCOC(O)C(O)O)COCCC(=O)NCCOCCOCCO[C@@H](O)/C(O)=C(\O)CO. The first-order valence-corrected chi connectivity index (χ1v) is 23.4. The summed E-state index contributed by atoms with van der Waals surface area (Å²) >= 11 is 0. The molecule has 0 radical (unpaired) electrons. The van der Waals surface area contributed by atoms with Gasteiger partial charge in [0.1, 0.15) is 18.8 Å². The van der Waals surface area contributed by atoms with Crippen molar-refractivity contribution in [3.63, 3.8) is 0 Å². The van der Waals surface area contributed by atoms with Gasteiger partial charge < -0.3 is 123 Å². The number of ether oxygens (including phenoxy) is 13. The number of carbonyl (C=O) groups excluding carboxylic acids is 3. The fourth-order valence-corrected chi connectivity index (χ4v) is 5.41. The van der Waals surface area contributed by atoms with E-state index in [9.17, 15) is 39.9 Å². The van der Waals surface area contributed by atoms with Gasteiger partial charge in [0.15, 0.2) is 17.8 Å². The molecular weight excluding hydrogens is 958 g/mol. The second-order valence-electron chi connectivity index (χ2n) is 15.9. The van der Waals surface area contributed by atoms with Crippen LogP contribution in [0.25, 0.3) is 0 Å². The molecule has 1 heterocycles.